The summed E-state index contributed by atoms with van der Waals surface area (Å²) < 4.78 is 54.0. The molecule has 13 nitrogen and oxygen atoms in total. The van der Waals surface area contributed by atoms with Crippen molar-refractivity contribution >= 4 is 56.7 Å². The van der Waals surface area contributed by atoms with E-state index in [2.05, 4.69) is 16.7 Å². The van der Waals surface area contributed by atoms with E-state index >= 15 is 0 Å². The lowest BCUT2D eigenvalue weighted by Gasteiger charge is -2.37. The molecule has 0 saturated heterocycles. The molecule has 66 heavy (non-hydrogen) atoms. The van der Waals surface area contributed by atoms with Gasteiger partial charge in [0.1, 0.15) is 31.0 Å². The number of hydrogen-bond acceptors (Lipinski definition) is 10. The van der Waals surface area contributed by atoms with Gasteiger partial charge in [0, 0.05) is 25.6 Å². The van der Waals surface area contributed by atoms with Crippen LogP contribution in [0.25, 0.3) is 11.1 Å². The summed E-state index contributed by atoms with van der Waals surface area (Å²) >= 11 is 12.2. The maximum Gasteiger partial charge on any atom is 0.328 e. The molecule has 0 aromatic heterocycles. The van der Waals surface area contributed by atoms with Gasteiger partial charge in [0.15, 0.2) is 17.6 Å². The van der Waals surface area contributed by atoms with Crippen LogP contribution in [0.15, 0.2) is 132 Å². The Bertz CT molecular complexity index is 2940. The quantitative estimate of drug-likeness (QED) is 0.107. The van der Waals surface area contributed by atoms with Gasteiger partial charge in [-0.05, 0) is 118 Å². The Kier molecular flexibility index (Phi) is 13.6. The van der Waals surface area contributed by atoms with E-state index in [0.717, 1.165) is 26.6 Å². The van der Waals surface area contributed by atoms with Crippen LogP contribution in [0.2, 0.25) is 10.0 Å². The standard InChI is InChI=1S/C50H42Cl2N4O9S/c1-30(57)54-39-14-18-41(19-15-39)66(60,61)56-27-38-25-47-46(64-29-48(65-47)36-12-16-40(17-13-36)63-28-33-7-20-42(51)43(52)21-33)24-37(38)23-45(56)49(58)55-44(50(59)62-2)22-31-3-8-34(9-4-31)35-10-5-32(26-53)6-11-35/h3-21,24-25,44-45,48H,22-23,27-29H2,1-2H3,(H,54,57)(H,55,58). The fourth-order valence-corrected chi connectivity index (χ4v) is 9.69. The molecule has 2 heterocycles. The highest BCUT2D eigenvalue weighted by molar-refractivity contribution is 7.89. The Morgan fingerprint density at radius 2 is 1.50 bits per heavy atom. The second-order valence-electron chi connectivity index (χ2n) is 15.7. The summed E-state index contributed by atoms with van der Waals surface area (Å²) in [6.07, 6.45) is -0.492. The topological polar surface area (TPSA) is 173 Å². The summed E-state index contributed by atoms with van der Waals surface area (Å²) in [6, 6.07) is 36.1. The molecule has 0 spiro atoms. The van der Waals surface area contributed by atoms with E-state index < -0.39 is 40.1 Å². The number of methoxy groups -OCH3 is 1. The van der Waals surface area contributed by atoms with Crippen molar-refractivity contribution < 1.29 is 41.7 Å². The first kappa shape index (κ1) is 45.7. The SMILES string of the molecule is COC(=O)C(Cc1ccc(-c2ccc(C#N)cc2)cc1)NC(=O)C1Cc2cc3c(cc2CN1S(=O)(=O)c1ccc(NC(C)=O)cc1)OC(c1ccc(OCc2ccc(Cl)c(Cl)c2)cc1)CO3. The predicted octanol–water partition coefficient (Wildman–Crippen LogP) is 8.60. The maximum atomic E-state index is 14.6. The zero-order valence-electron chi connectivity index (χ0n) is 35.6. The lowest BCUT2D eigenvalue weighted by Crippen LogP contribution is -2.56. The minimum atomic E-state index is -4.38. The van der Waals surface area contributed by atoms with Crippen molar-refractivity contribution in [3.05, 3.63) is 171 Å². The number of carbonyl (C=O) groups is 3. The number of nitrogens with zero attached hydrogens (tertiary/aromatic N) is 2. The highest BCUT2D eigenvalue weighted by Crippen LogP contribution is 2.42. The van der Waals surface area contributed by atoms with Crippen LogP contribution < -0.4 is 24.8 Å². The number of rotatable bonds is 13. The average molecular weight is 946 g/mol. The number of sulfonamides is 1. The predicted molar refractivity (Wildman–Crippen MR) is 248 cm³/mol. The number of hydrogen-bond donors (Lipinski definition) is 2. The molecule has 0 fully saturated rings. The van der Waals surface area contributed by atoms with Gasteiger partial charge in [-0.2, -0.15) is 9.57 Å². The van der Waals surface area contributed by atoms with Crippen LogP contribution in [0.4, 0.5) is 5.69 Å². The van der Waals surface area contributed by atoms with Gasteiger partial charge in [-0.1, -0.05) is 77.8 Å². The van der Waals surface area contributed by atoms with Gasteiger partial charge >= 0.3 is 5.97 Å². The lowest BCUT2D eigenvalue weighted by atomic mass is 9.93. The summed E-state index contributed by atoms with van der Waals surface area (Å²) in [5, 5.41) is 15.5. The number of amides is 2. The largest absolute Gasteiger partial charge is 0.489 e. The van der Waals surface area contributed by atoms with Gasteiger partial charge in [0.2, 0.25) is 21.8 Å². The summed E-state index contributed by atoms with van der Waals surface area (Å²) in [5.74, 6) is -0.264. The molecule has 8 rings (SSSR count). The van der Waals surface area contributed by atoms with Gasteiger partial charge in [0.05, 0.1) is 33.7 Å². The van der Waals surface area contributed by atoms with Crippen molar-refractivity contribution in [2.75, 3.05) is 19.0 Å². The first-order valence-electron chi connectivity index (χ1n) is 20.8. The summed E-state index contributed by atoms with van der Waals surface area (Å²) in [6.45, 7) is 1.60. The van der Waals surface area contributed by atoms with Gasteiger partial charge in [-0.25, -0.2) is 13.2 Å². The number of halogens is 2. The summed E-state index contributed by atoms with van der Waals surface area (Å²) in [4.78, 5) is 39.3. The summed E-state index contributed by atoms with van der Waals surface area (Å²) in [7, 11) is -3.16. The maximum absolute atomic E-state index is 14.6. The molecule has 0 bridgehead atoms. The molecule has 0 saturated carbocycles. The third-order valence-electron chi connectivity index (χ3n) is 11.3. The number of esters is 1. The third-order valence-corrected chi connectivity index (χ3v) is 13.9. The Balaban J connectivity index is 1.03. The smallest absolute Gasteiger partial charge is 0.328 e. The van der Waals surface area contributed by atoms with Crippen LogP contribution in [0.5, 0.6) is 17.2 Å². The number of ether oxygens (including phenoxy) is 4. The second-order valence-corrected chi connectivity index (χ2v) is 18.4. The van der Waals surface area contributed by atoms with Gasteiger partial charge in [-0.15, -0.1) is 0 Å². The Hall–Kier alpha value is -6.89. The van der Waals surface area contributed by atoms with E-state index in [4.69, 9.17) is 47.4 Å². The van der Waals surface area contributed by atoms with E-state index in [1.54, 1.807) is 36.4 Å². The molecule has 16 heteroatoms. The first-order valence-corrected chi connectivity index (χ1v) is 23.0. The second kappa shape index (κ2) is 19.7. The van der Waals surface area contributed by atoms with Crippen LogP contribution in [-0.2, 0) is 55.1 Å². The number of nitriles is 1. The van der Waals surface area contributed by atoms with E-state index in [1.165, 1.54) is 38.3 Å². The monoisotopic (exact) mass is 944 g/mol. The van der Waals surface area contributed by atoms with Gasteiger partial charge in [0.25, 0.3) is 0 Å². The van der Waals surface area contributed by atoms with Crippen LogP contribution in [-0.4, -0.2) is 56.3 Å². The number of carbonyl (C=O) groups excluding carboxylic acids is 3. The Morgan fingerprint density at radius 1 is 0.833 bits per heavy atom. The lowest BCUT2D eigenvalue weighted by molar-refractivity contribution is -0.145. The third kappa shape index (κ3) is 10.3. The number of nitrogens with one attached hydrogen (secondary N) is 2. The van der Waals surface area contributed by atoms with Crippen molar-refractivity contribution in [2.24, 2.45) is 0 Å². The average Bonchev–Trinajstić information content (AvgIpc) is 3.33. The Morgan fingerprint density at radius 3 is 2.15 bits per heavy atom. The fraction of sp³-hybridized carbons (Fsp3) is 0.200. The fourth-order valence-electron chi connectivity index (χ4n) is 7.80. The zero-order valence-corrected chi connectivity index (χ0v) is 38.0. The molecule has 2 amide bonds. The molecule has 0 radical (unpaired) electrons. The number of fused-ring (bicyclic) bond motifs is 2. The molecular weight excluding hydrogens is 904 g/mol. The van der Waals surface area contributed by atoms with Gasteiger partial charge in [-0.3, -0.25) is 9.59 Å². The molecule has 6 aromatic rings. The van der Waals surface area contributed by atoms with Crippen LogP contribution in [0, 0.1) is 11.3 Å². The molecule has 3 atom stereocenters. The zero-order chi connectivity index (χ0) is 46.5. The van der Waals surface area contributed by atoms with Crippen molar-refractivity contribution in [3.63, 3.8) is 0 Å². The van der Waals surface area contributed by atoms with Crippen molar-refractivity contribution in [3.8, 4) is 34.4 Å². The molecule has 2 N–H and O–H groups in total. The van der Waals surface area contributed by atoms with E-state index in [9.17, 15) is 22.8 Å². The highest BCUT2D eigenvalue weighted by Gasteiger charge is 2.42. The van der Waals surface area contributed by atoms with E-state index in [1.807, 2.05) is 66.7 Å². The highest BCUT2D eigenvalue weighted by atomic mass is 35.5. The molecule has 0 aliphatic carbocycles. The molecular formula is C50H42Cl2N4O9S. The van der Waals surface area contributed by atoms with Crippen LogP contribution >= 0.6 is 23.2 Å². The minimum absolute atomic E-state index is 0.0543. The molecule has 6 aromatic carbocycles. The van der Waals surface area contributed by atoms with Gasteiger partial charge < -0.3 is 29.6 Å². The van der Waals surface area contributed by atoms with Crippen LogP contribution in [0.3, 0.4) is 0 Å². The molecule has 2 aliphatic rings. The van der Waals surface area contributed by atoms with E-state index in [-0.39, 0.29) is 36.8 Å². The van der Waals surface area contributed by atoms with Crippen molar-refractivity contribution in [2.45, 2.75) is 56.0 Å². The van der Waals surface area contributed by atoms with Crippen molar-refractivity contribution in [1.29, 1.82) is 5.26 Å². The number of benzene rings is 6. The Labute approximate surface area is 391 Å². The molecule has 2 aliphatic heterocycles. The summed E-state index contributed by atoms with van der Waals surface area (Å²) in [5.41, 5.74) is 6.39. The molecule has 3 unspecified atom stereocenters. The van der Waals surface area contributed by atoms with E-state index in [0.29, 0.717) is 61.8 Å². The number of anilines is 1. The molecule has 336 valence electrons. The van der Waals surface area contributed by atoms with Crippen LogP contribution in [0.1, 0.15) is 46.4 Å². The van der Waals surface area contributed by atoms with Crippen molar-refractivity contribution in [1.82, 2.24) is 9.62 Å². The first-order chi connectivity index (χ1) is 31.8. The normalized spacial score (nSPS) is 15.9. The minimum Gasteiger partial charge on any atom is -0.489 e.